The van der Waals surface area contributed by atoms with Gasteiger partial charge in [0.15, 0.2) is 0 Å². The zero-order chi connectivity index (χ0) is 30.8. The van der Waals surface area contributed by atoms with E-state index in [-0.39, 0.29) is 25.3 Å². The first-order chi connectivity index (χ1) is 20.5. The number of allylic oxidation sites excluding steroid dienone is 1. The third-order valence-electron chi connectivity index (χ3n) is 8.25. The van der Waals surface area contributed by atoms with Gasteiger partial charge >= 0.3 is 12.1 Å². The number of benzene rings is 1. The Kier molecular flexibility index (Phi) is 8.62. The van der Waals surface area contributed by atoms with Gasteiger partial charge in [0.2, 0.25) is 11.8 Å². The first-order valence-electron chi connectivity index (χ1n) is 15.0. The van der Waals surface area contributed by atoms with E-state index in [0.29, 0.717) is 18.6 Å². The molecular weight excluding hydrogens is 552 g/mol. The van der Waals surface area contributed by atoms with E-state index >= 15 is 0 Å². The van der Waals surface area contributed by atoms with E-state index in [0.717, 1.165) is 30.0 Å². The molecule has 5 rings (SSSR count). The first-order valence-corrected chi connectivity index (χ1v) is 15.0. The number of hydrogen-bond acceptors (Lipinski definition) is 7. The Morgan fingerprint density at radius 3 is 2.74 bits per heavy atom. The average Bonchev–Trinajstić information content (AvgIpc) is 3.48. The maximum absolute atomic E-state index is 14.1. The fourth-order valence-corrected chi connectivity index (χ4v) is 5.96. The number of carbonyl (C=O) groups is 4. The van der Waals surface area contributed by atoms with Crippen molar-refractivity contribution in [2.24, 2.45) is 5.92 Å². The van der Waals surface area contributed by atoms with E-state index in [9.17, 15) is 24.3 Å². The Labute approximate surface area is 251 Å². The molecule has 230 valence electrons. The predicted molar refractivity (Wildman–Crippen MR) is 158 cm³/mol. The molecule has 2 fully saturated rings. The highest BCUT2D eigenvalue weighted by Gasteiger charge is 2.61. The molecular formula is C32H40N4O7. The van der Waals surface area contributed by atoms with E-state index in [1.807, 2.05) is 36.4 Å². The highest BCUT2D eigenvalue weighted by molar-refractivity contribution is 5.96. The minimum atomic E-state index is -1.41. The number of ether oxygens (including phenoxy) is 2. The van der Waals surface area contributed by atoms with Gasteiger partial charge in [0.1, 0.15) is 35.1 Å². The second-order valence-corrected chi connectivity index (χ2v) is 12.7. The van der Waals surface area contributed by atoms with Crippen molar-refractivity contribution < 1.29 is 33.8 Å². The number of rotatable bonds is 4. The van der Waals surface area contributed by atoms with Gasteiger partial charge in [-0.2, -0.15) is 0 Å². The lowest BCUT2D eigenvalue weighted by Crippen LogP contribution is -2.56. The highest BCUT2D eigenvalue weighted by atomic mass is 16.6. The van der Waals surface area contributed by atoms with Crippen LogP contribution < -0.4 is 15.4 Å². The van der Waals surface area contributed by atoms with Crippen LogP contribution in [0.5, 0.6) is 5.75 Å². The van der Waals surface area contributed by atoms with Crippen molar-refractivity contribution in [3.63, 3.8) is 0 Å². The number of amides is 3. The minimum Gasteiger partial charge on any atom is -0.488 e. The molecule has 2 aromatic rings. The number of carboxylic acid groups (broad SMARTS) is 1. The largest absolute Gasteiger partial charge is 0.488 e. The fraction of sp³-hybridized carbons (Fsp3) is 0.531. The maximum atomic E-state index is 14.1. The van der Waals surface area contributed by atoms with Crippen LogP contribution in [0.15, 0.2) is 48.8 Å². The maximum Gasteiger partial charge on any atom is 0.408 e. The topological polar surface area (TPSA) is 147 Å². The molecule has 2 aliphatic heterocycles. The summed E-state index contributed by atoms with van der Waals surface area (Å²) in [4.78, 5) is 58.6. The summed E-state index contributed by atoms with van der Waals surface area (Å²) in [5.74, 6) is -1.83. The number of nitrogens with zero attached hydrogens (tertiary/aromatic N) is 2. The summed E-state index contributed by atoms with van der Waals surface area (Å²) in [5, 5.41) is 17.3. The molecule has 1 saturated heterocycles. The molecule has 11 heteroatoms. The summed E-state index contributed by atoms with van der Waals surface area (Å²) < 4.78 is 11.8. The van der Waals surface area contributed by atoms with E-state index in [1.165, 1.54) is 4.90 Å². The molecule has 3 heterocycles. The van der Waals surface area contributed by atoms with Crippen LogP contribution in [0.25, 0.3) is 10.8 Å². The number of aromatic nitrogens is 1. The molecule has 0 spiro atoms. The molecule has 1 aromatic heterocycles. The van der Waals surface area contributed by atoms with Gasteiger partial charge in [-0.1, -0.05) is 37.1 Å². The molecule has 43 heavy (non-hydrogen) atoms. The van der Waals surface area contributed by atoms with Crippen molar-refractivity contribution in [1.29, 1.82) is 0 Å². The molecule has 0 radical (unpaired) electrons. The number of aliphatic carboxylic acids is 1. The zero-order valence-corrected chi connectivity index (χ0v) is 24.9. The minimum absolute atomic E-state index is 0.0868. The molecule has 1 aromatic carbocycles. The number of carboxylic acids is 1. The smallest absolute Gasteiger partial charge is 0.408 e. The third-order valence-corrected chi connectivity index (χ3v) is 8.25. The Morgan fingerprint density at radius 1 is 1.16 bits per heavy atom. The highest BCUT2D eigenvalue weighted by Crippen LogP contribution is 2.45. The van der Waals surface area contributed by atoms with Gasteiger partial charge < -0.3 is 30.1 Å². The Balaban J connectivity index is 1.44. The lowest BCUT2D eigenvalue weighted by Gasteiger charge is -2.30. The van der Waals surface area contributed by atoms with Crippen molar-refractivity contribution in [2.45, 2.75) is 95.0 Å². The second-order valence-electron chi connectivity index (χ2n) is 12.7. The molecule has 3 amide bonds. The van der Waals surface area contributed by atoms with Gasteiger partial charge in [-0.05, 0) is 64.0 Å². The zero-order valence-electron chi connectivity index (χ0n) is 24.9. The number of pyridine rings is 1. The predicted octanol–water partition coefficient (Wildman–Crippen LogP) is 3.96. The summed E-state index contributed by atoms with van der Waals surface area (Å²) in [7, 11) is 0. The standard InChI is InChI=1S/C32H40N4O7/c1-31(2,3)43-30(41)34-24-12-8-6-4-5-7-11-21-17-32(21,29(39)40)35-27(37)25-16-22(19-36(25)28(24)38)42-26-13-9-10-20-14-15-33-18-23(20)26/h7,9-11,13-15,18,21-22,24-25H,4-6,8,12,16-17,19H2,1-3H3,(H,34,41)(H,35,37)(H,39,40)/t21-,22-,24+,25+,32-/m1/s1. The van der Waals surface area contributed by atoms with E-state index < -0.39 is 53.2 Å². The van der Waals surface area contributed by atoms with Crippen molar-refractivity contribution in [3.05, 3.63) is 48.8 Å². The van der Waals surface area contributed by atoms with E-state index in [2.05, 4.69) is 15.6 Å². The van der Waals surface area contributed by atoms with Gasteiger partial charge in [0.25, 0.3) is 0 Å². The van der Waals surface area contributed by atoms with Crippen molar-refractivity contribution in [2.75, 3.05) is 6.54 Å². The Morgan fingerprint density at radius 2 is 1.98 bits per heavy atom. The Hall–Kier alpha value is -4.15. The van der Waals surface area contributed by atoms with Gasteiger partial charge in [0, 0.05) is 30.1 Å². The molecule has 1 aliphatic carbocycles. The quantitative estimate of drug-likeness (QED) is 0.452. The lowest BCUT2D eigenvalue weighted by molar-refractivity contribution is -0.145. The van der Waals surface area contributed by atoms with Crippen LogP contribution in [0.4, 0.5) is 4.79 Å². The van der Waals surface area contributed by atoms with Crippen LogP contribution in [0.2, 0.25) is 0 Å². The first kappa shape index (κ1) is 30.3. The molecule has 5 atom stereocenters. The van der Waals surface area contributed by atoms with Crippen LogP contribution in [0.1, 0.15) is 65.7 Å². The number of nitrogens with one attached hydrogen (secondary N) is 2. The molecule has 11 nitrogen and oxygen atoms in total. The average molecular weight is 593 g/mol. The molecule has 3 aliphatic rings. The molecule has 3 N–H and O–H groups in total. The van der Waals surface area contributed by atoms with Crippen molar-refractivity contribution in [3.8, 4) is 5.75 Å². The number of carbonyl (C=O) groups excluding carboxylic acids is 3. The van der Waals surface area contributed by atoms with Crippen molar-refractivity contribution in [1.82, 2.24) is 20.5 Å². The second kappa shape index (κ2) is 12.2. The van der Waals surface area contributed by atoms with Gasteiger partial charge in [-0.15, -0.1) is 0 Å². The van der Waals surface area contributed by atoms with Gasteiger partial charge in [-0.3, -0.25) is 14.6 Å². The van der Waals surface area contributed by atoms with E-state index in [4.69, 9.17) is 9.47 Å². The Bertz CT molecular complexity index is 1410. The summed E-state index contributed by atoms with van der Waals surface area (Å²) in [6.45, 7) is 5.32. The van der Waals surface area contributed by atoms with E-state index in [1.54, 1.807) is 33.2 Å². The fourth-order valence-electron chi connectivity index (χ4n) is 5.96. The van der Waals surface area contributed by atoms with Crippen LogP contribution in [-0.2, 0) is 19.1 Å². The normalized spacial score (nSPS) is 28.1. The lowest BCUT2D eigenvalue weighted by atomic mass is 10.0. The van der Waals surface area contributed by atoms with Crippen LogP contribution in [0.3, 0.4) is 0 Å². The monoisotopic (exact) mass is 592 g/mol. The van der Waals surface area contributed by atoms with Gasteiger partial charge in [0.05, 0.1) is 6.54 Å². The summed E-state index contributed by atoms with van der Waals surface area (Å²) in [5.41, 5.74) is -2.16. The SMILES string of the molecule is CC(C)(C)OC(=O)N[C@H]1CCCCCC=C[C@@H]2C[C@@]2(C(=O)O)NC(=O)[C@@H]2C[C@@H](Oc3cccc4ccncc34)CN2C1=O. The molecule has 1 saturated carbocycles. The van der Waals surface area contributed by atoms with Crippen molar-refractivity contribution >= 4 is 34.6 Å². The molecule has 0 unspecified atom stereocenters. The summed E-state index contributed by atoms with van der Waals surface area (Å²) in [6.07, 6.45) is 9.89. The van der Waals surface area contributed by atoms with Crippen LogP contribution in [-0.4, -0.2) is 74.7 Å². The van der Waals surface area contributed by atoms with Crippen LogP contribution >= 0.6 is 0 Å². The van der Waals surface area contributed by atoms with Crippen LogP contribution in [0, 0.1) is 5.92 Å². The number of hydrogen-bond donors (Lipinski definition) is 3. The molecule has 0 bridgehead atoms. The summed E-state index contributed by atoms with van der Waals surface area (Å²) in [6, 6.07) is 5.58. The summed E-state index contributed by atoms with van der Waals surface area (Å²) >= 11 is 0. The number of alkyl carbamates (subject to hydrolysis) is 1. The number of fused-ring (bicyclic) bond motifs is 3. The third kappa shape index (κ3) is 6.92. The van der Waals surface area contributed by atoms with Gasteiger partial charge in [-0.25, -0.2) is 9.59 Å².